The van der Waals surface area contributed by atoms with Gasteiger partial charge >= 0.3 is 5.69 Å². The van der Waals surface area contributed by atoms with Gasteiger partial charge in [0.05, 0.1) is 5.75 Å². The molecule has 0 saturated heterocycles. The van der Waals surface area contributed by atoms with Gasteiger partial charge in [-0.2, -0.15) is 0 Å². The number of thioether (sulfide) groups is 1. The second-order valence-corrected chi connectivity index (χ2v) is 5.37. The van der Waals surface area contributed by atoms with E-state index in [1.54, 1.807) is 0 Å². The number of ketones is 1. The molecular formula is C11H13N5O4S. The molecule has 2 rings (SSSR count). The average Bonchev–Trinajstić information content (AvgIpc) is 2.72. The van der Waals surface area contributed by atoms with Crippen LogP contribution in [0, 0.1) is 0 Å². The van der Waals surface area contributed by atoms with Gasteiger partial charge in [0.1, 0.15) is 12.3 Å². The molecule has 2 aromatic heterocycles. The number of nitrogens with one attached hydrogen (secondary N) is 1. The fraction of sp³-hybridized carbons (Fsp3) is 0.364. The van der Waals surface area contributed by atoms with E-state index in [4.69, 9.17) is 5.73 Å². The van der Waals surface area contributed by atoms with Crippen LogP contribution in [0.3, 0.4) is 0 Å². The molecular weight excluding hydrogens is 298 g/mol. The number of aryl methyl sites for hydroxylation is 1. The smallest absolute Gasteiger partial charge is 0.329 e. The van der Waals surface area contributed by atoms with Gasteiger partial charge in [0.2, 0.25) is 5.91 Å². The van der Waals surface area contributed by atoms with Crippen molar-refractivity contribution in [2.75, 3.05) is 5.75 Å². The van der Waals surface area contributed by atoms with Crippen molar-refractivity contribution >= 4 is 34.6 Å². The Bertz CT molecular complexity index is 847. The van der Waals surface area contributed by atoms with Gasteiger partial charge in [-0.25, -0.2) is 9.78 Å². The van der Waals surface area contributed by atoms with E-state index in [9.17, 15) is 19.2 Å². The van der Waals surface area contributed by atoms with E-state index in [0.29, 0.717) is 0 Å². The third-order valence-electron chi connectivity index (χ3n) is 2.69. The van der Waals surface area contributed by atoms with Gasteiger partial charge < -0.3 is 10.3 Å². The molecule has 0 aliphatic carbocycles. The molecule has 0 atom stereocenters. The van der Waals surface area contributed by atoms with Crippen LogP contribution >= 0.6 is 11.8 Å². The van der Waals surface area contributed by atoms with E-state index in [0.717, 1.165) is 16.3 Å². The first-order valence-corrected chi connectivity index (χ1v) is 6.90. The summed E-state index contributed by atoms with van der Waals surface area (Å²) in [5.74, 6) is -0.610. The number of hydrogen-bond donors (Lipinski definition) is 2. The lowest BCUT2D eigenvalue weighted by molar-refractivity contribution is -0.118. The number of nitrogens with two attached hydrogens (primary N) is 1. The lowest BCUT2D eigenvalue weighted by Crippen LogP contribution is -2.30. The van der Waals surface area contributed by atoms with Gasteiger partial charge in [-0.1, -0.05) is 11.8 Å². The van der Waals surface area contributed by atoms with Crippen molar-refractivity contribution in [3.05, 3.63) is 20.8 Å². The summed E-state index contributed by atoms with van der Waals surface area (Å²) in [4.78, 5) is 52.1. The minimum Gasteiger partial charge on any atom is -0.368 e. The third-order valence-corrected chi connectivity index (χ3v) is 3.81. The molecule has 0 bridgehead atoms. The number of H-pyrrole nitrogens is 1. The van der Waals surface area contributed by atoms with Crippen molar-refractivity contribution in [2.45, 2.75) is 18.6 Å². The summed E-state index contributed by atoms with van der Waals surface area (Å²) in [6.07, 6.45) is 0. The van der Waals surface area contributed by atoms with Crippen LogP contribution in [-0.2, 0) is 23.2 Å². The van der Waals surface area contributed by atoms with Gasteiger partial charge in [0.25, 0.3) is 5.56 Å². The van der Waals surface area contributed by atoms with E-state index < -0.39 is 17.2 Å². The van der Waals surface area contributed by atoms with Crippen molar-refractivity contribution < 1.29 is 9.59 Å². The summed E-state index contributed by atoms with van der Waals surface area (Å²) in [6, 6.07) is 0. The first-order chi connectivity index (χ1) is 9.81. The topological polar surface area (TPSA) is 133 Å². The molecule has 0 aromatic carbocycles. The summed E-state index contributed by atoms with van der Waals surface area (Å²) < 4.78 is 2.47. The van der Waals surface area contributed by atoms with E-state index >= 15 is 0 Å². The zero-order chi connectivity index (χ0) is 15.7. The summed E-state index contributed by atoms with van der Waals surface area (Å²) >= 11 is 1.07. The number of imidazole rings is 1. The number of amides is 1. The largest absolute Gasteiger partial charge is 0.368 e. The van der Waals surface area contributed by atoms with E-state index in [1.807, 2.05) is 0 Å². The zero-order valence-corrected chi connectivity index (χ0v) is 12.2. The second-order valence-electron chi connectivity index (χ2n) is 4.43. The highest BCUT2D eigenvalue weighted by molar-refractivity contribution is 7.99. The summed E-state index contributed by atoms with van der Waals surface area (Å²) in [5, 5.41) is 0.283. The fourth-order valence-electron chi connectivity index (χ4n) is 1.79. The minimum atomic E-state index is -0.660. The van der Waals surface area contributed by atoms with Crippen LogP contribution < -0.4 is 17.0 Å². The van der Waals surface area contributed by atoms with E-state index in [2.05, 4.69) is 9.97 Å². The Labute approximate surface area is 122 Å². The van der Waals surface area contributed by atoms with Gasteiger partial charge in [0, 0.05) is 7.05 Å². The van der Waals surface area contributed by atoms with Crippen molar-refractivity contribution in [1.29, 1.82) is 0 Å². The maximum Gasteiger partial charge on any atom is 0.329 e. The normalized spacial score (nSPS) is 11.0. The Morgan fingerprint density at radius 2 is 2.05 bits per heavy atom. The molecule has 10 heteroatoms. The maximum atomic E-state index is 11.9. The van der Waals surface area contributed by atoms with Crippen molar-refractivity contribution in [2.24, 2.45) is 12.8 Å². The Balaban J connectivity index is 2.72. The first-order valence-electron chi connectivity index (χ1n) is 5.91. The van der Waals surface area contributed by atoms with Gasteiger partial charge in [0.15, 0.2) is 16.3 Å². The Morgan fingerprint density at radius 1 is 1.38 bits per heavy atom. The van der Waals surface area contributed by atoms with Gasteiger partial charge in [-0.3, -0.25) is 23.9 Å². The summed E-state index contributed by atoms with van der Waals surface area (Å²) in [5.41, 5.74) is 4.11. The molecule has 0 aliphatic rings. The molecule has 0 aliphatic heterocycles. The highest BCUT2D eigenvalue weighted by Gasteiger charge is 2.19. The fourth-order valence-corrected chi connectivity index (χ4v) is 2.59. The molecule has 9 nitrogen and oxygen atoms in total. The number of carbonyl (C=O) groups is 2. The van der Waals surface area contributed by atoms with Gasteiger partial charge in [-0.05, 0) is 6.92 Å². The Hall–Kier alpha value is -2.36. The van der Waals surface area contributed by atoms with Crippen molar-refractivity contribution in [3.63, 3.8) is 0 Å². The Morgan fingerprint density at radius 3 is 2.62 bits per heavy atom. The third kappa shape index (κ3) is 2.89. The summed E-state index contributed by atoms with van der Waals surface area (Å²) in [6.45, 7) is 1.15. The average molecular weight is 311 g/mol. The van der Waals surface area contributed by atoms with Gasteiger partial charge in [-0.15, -0.1) is 0 Å². The summed E-state index contributed by atoms with van der Waals surface area (Å²) in [7, 11) is 1.45. The van der Waals surface area contributed by atoms with Crippen LogP contribution in [0.25, 0.3) is 11.2 Å². The number of nitrogens with zero attached hydrogens (tertiary/aromatic N) is 3. The predicted octanol–water partition coefficient (Wildman–Crippen LogP) is -1.41. The molecule has 0 fully saturated rings. The van der Waals surface area contributed by atoms with Crippen molar-refractivity contribution in [3.8, 4) is 0 Å². The molecule has 2 heterocycles. The molecule has 0 radical (unpaired) electrons. The number of carbonyl (C=O) groups excluding carboxylic acids is 2. The van der Waals surface area contributed by atoms with Crippen LogP contribution in [0.1, 0.15) is 6.92 Å². The van der Waals surface area contributed by atoms with E-state index in [-0.39, 0.29) is 34.4 Å². The number of primary amides is 1. The molecule has 2 aromatic rings. The molecule has 3 N–H and O–H groups in total. The molecule has 112 valence electrons. The standard InChI is InChI=1S/C11H13N5O4S/c1-5(17)4-21-11-13-8-7(16(11)3-6(12)18)9(19)14-10(20)15(8)2/h3-4H2,1-2H3,(H2,12,18)(H,14,19,20). The molecule has 1 amide bonds. The number of fused-ring (bicyclic) bond motifs is 1. The van der Waals surface area contributed by atoms with Crippen LogP contribution in [0.4, 0.5) is 0 Å². The van der Waals surface area contributed by atoms with Crippen molar-refractivity contribution in [1.82, 2.24) is 19.1 Å². The highest BCUT2D eigenvalue weighted by Crippen LogP contribution is 2.21. The van der Waals surface area contributed by atoms with Crippen LogP contribution in [-0.4, -0.2) is 36.5 Å². The number of Topliss-reactive ketones (excluding diaryl/α,β-unsaturated/α-hetero) is 1. The highest BCUT2D eigenvalue weighted by atomic mass is 32.2. The minimum absolute atomic E-state index is 0.0713. The van der Waals surface area contributed by atoms with Crippen LogP contribution in [0.15, 0.2) is 14.7 Å². The molecule has 21 heavy (non-hydrogen) atoms. The van der Waals surface area contributed by atoms with E-state index in [1.165, 1.54) is 18.5 Å². The monoisotopic (exact) mass is 311 g/mol. The Kier molecular flexibility index (Phi) is 3.98. The maximum absolute atomic E-state index is 11.9. The number of aromatic nitrogens is 4. The molecule has 0 unspecified atom stereocenters. The number of hydrogen-bond acceptors (Lipinski definition) is 6. The molecule has 0 spiro atoms. The zero-order valence-electron chi connectivity index (χ0n) is 11.4. The first kappa shape index (κ1) is 15.0. The quantitative estimate of drug-likeness (QED) is 0.652. The number of aromatic amines is 1. The predicted molar refractivity (Wildman–Crippen MR) is 76.2 cm³/mol. The molecule has 0 saturated carbocycles. The number of rotatable bonds is 5. The second kappa shape index (κ2) is 5.56. The van der Waals surface area contributed by atoms with Crippen LogP contribution in [0.5, 0.6) is 0 Å². The lowest BCUT2D eigenvalue weighted by atomic mass is 10.5. The lowest BCUT2D eigenvalue weighted by Gasteiger charge is -2.04. The SMILES string of the molecule is CC(=O)CSc1nc2c(c(=O)[nH]c(=O)n2C)n1CC(N)=O. The van der Waals surface area contributed by atoms with Crippen LogP contribution in [0.2, 0.25) is 0 Å².